The Morgan fingerprint density at radius 3 is 1.74 bits per heavy atom. The molecule has 3 atom stereocenters. The second kappa shape index (κ2) is 14.0. The van der Waals surface area contributed by atoms with Crippen molar-refractivity contribution in [1.29, 1.82) is 0 Å². The van der Waals surface area contributed by atoms with Crippen LogP contribution >= 0.6 is 0 Å². The van der Waals surface area contributed by atoms with Crippen molar-refractivity contribution in [2.75, 3.05) is 13.2 Å². The lowest BCUT2D eigenvalue weighted by atomic mass is 9.82. The third-order valence-corrected chi connectivity index (χ3v) is 4.80. The third-order valence-electron chi connectivity index (χ3n) is 4.80. The highest BCUT2D eigenvalue weighted by Gasteiger charge is 2.33. The summed E-state index contributed by atoms with van der Waals surface area (Å²) < 4.78 is 31.1. The van der Waals surface area contributed by atoms with E-state index in [1.54, 1.807) is 48.5 Å². The van der Waals surface area contributed by atoms with E-state index in [-0.39, 0.29) is 30.6 Å². The summed E-state index contributed by atoms with van der Waals surface area (Å²) in [5.74, 6) is -3.15. The standard InChI is InChI=1S/C27H41NO11/c1-15(2)13-34-23(31)35-14-16(3)20(21(28)22(29)30)17-10-11-18(36-24(32)38-26(4,5)6)19(12-17)37-25(33)39-27(7,8)9/h10-12,15-16,20-21H,13-14,28H2,1-9H3,(H,29,30)/t16?,20?,21-/m0/s1. The zero-order valence-electron chi connectivity index (χ0n) is 24.1. The Kier molecular flexibility index (Phi) is 12.0. The lowest BCUT2D eigenvalue weighted by molar-refractivity contribution is -0.139. The molecule has 0 aliphatic heterocycles. The molecule has 220 valence electrons. The Balaban J connectivity index is 3.36. The average molecular weight is 556 g/mol. The van der Waals surface area contributed by atoms with E-state index < -0.39 is 53.5 Å². The summed E-state index contributed by atoms with van der Waals surface area (Å²) in [5, 5.41) is 9.66. The van der Waals surface area contributed by atoms with Gasteiger partial charge >= 0.3 is 24.4 Å². The lowest BCUT2D eigenvalue weighted by Gasteiger charge is -2.28. The molecule has 1 rings (SSSR count). The molecule has 0 saturated heterocycles. The molecule has 2 unspecified atom stereocenters. The fourth-order valence-electron chi connectivity index (χ4n) is 3.24. The quantitative estimate of drug-likeness (QED) is 0.218. The summed E-state index contributed by atoms with van der Waals surface area (Å²) in [7, 11) is 0. The highest BCUT2D eigenvalue weighted by molar-refractivity contribution is 5.75. The van der Waals surface area contributed by atoms with Gasteiger partial charge in [0, 0.05) is 5.92 Å². The van der Waals surface area contributed by atoms with Gasteiger partial charge in [0.15, 0.2) is 11.5 Å². The van der Waals surface area contributed by atoms with Gasteiger partial charge in [0.25, 0.3) is 0 Å². The predicted octanol–water partition coefficient (Wildman–Crippen LogP) is 5.26. The summed E-state index contributed by atoms with van der Waals surface area (Å²) in [5.41, 5.74) is 4.59. The van der Waals surface area contributed by atoms with Gasteiger partial charge in [0.2, 0.25) is 0 Å². The molecule has 0 heterocycles. The Labute approximate surface area is 229 Å². The number of aliphatic carboxylic acids is 1. The molecular formula is C27H41NO11. The van der Waals surface area contributed by atoms with Crippen molar-refractivity contribution in [3.8, 4) is 11.5 Å². The summed E-state index contributed by atoms with van der Waals surface area (Å²) in [6, 6.07) is 2.65. The van der Waals surface area contributed by atoms with E-state index in [0.29, 0.717) is 5.56 Å². The topological polar surface area (TPSA) is 170 Å². The molecule has 0 fully saturated rings. The van der Waals surface area contributed by atoms with Gasteiger partial charge in [-0.2, -0.15) is 0 Å². The minimum Gasteiger partial charge on any atom is -0.480 e. The minimum absolute atomic E-state index is 0.105. The molecule has 1 aromatic rings. The Bertz CT molecular complexity index is 1010. The second-order valence-electron chi connectivity index (χ2n) is 11.5. The molecule has 12 heteroatoms. The molecule has 0 aromatic heterocycles. The Morgan fingerprint density at radius 1 is 0.795 bits per heavy atom. The zero-order chi connectivity index (χ0) is 30.1. The molecule has 0 bridgehead atoms. The number of hydrogen-bond donors (Lipinski definition) is 2. The van der Waals surface area contributed by atoms with Gasteiger partial charge in [0.1, 0.15) is 17.2 Å². The number of carbonyl (C=O) groups is 4. The predicted molar refractivity (Wildman–Crippen MR) is 140 cm³/mol. The molecule has 0 aliphatic carbocycles. The fourth-order valence-corrected chi connectivity index (χ4v) is 3.24. The van der Waals surface area contributed by atoms with Crippen LogP contribution in [0.1, 0.15) is 73.8 Å². The lowest BCUT2D eigenvalue weighted by Crippen LogP contribution is -2.40. The maximum Gasteiger partial charge on any atom is 0.514 e. The van der Waals surface area contributed by atoms with Crippen LogP contribution in [0.3, 0.4) is 0 Å². The number of nitrogens with two attached hydrogens (primary N) is 1. The molecule has 0 amide bonds. The first-order chi connectivity index (χ1) is 17.8. The molecule has 0 radical (unpaired) electrons. The van der Waals surface area contributed by atoms with Crippen LogP contribution < -0.4 is 15.2 Å². The molecular weight excluding hydrogens is 514 g/mol. The van der Waals surface area contributed by atoms with Crippen LogP contribution in [-0.2, 0) is 23.7 Å². The fraction of sp³-hybridized carbons (Fsp3) is 0.630. The monoisotopic (exact) mass is 555 g/mol. The summed E-state index contributed by atoms with van der Waals surface area (Å²) in [4.78, 5) is 48.5. The van der Waals surface area contributed by atoms with Crippen LogP contribution in [0.15, 0.2) is 18.2 Å². The number of benzene rings is 1. The van der Waals surface area contributed by atoms with Crippen LogP contribution in [0.25, 0.3) is 0 Å². The van der Waals surface area contributed by atoms with Gasteiger partial charge in [-0.1, -0.05) is 26.8 Å². The third kappa shape index (κ3) is 12.7. The molecule has 3 N–H and O–H groups in total. The zero-order valence-corrected chi connectivity index (χ0v) is 24.1. The highest BCUT2D eigenvalue weighted by Crippen LogP contribution is 2.36. The number of ether oxygens (including phenoxy) is 6. The van der Waals surface area contributed by atoms with Gasteiger partial charge < -0.3 is 39.3 Å². The highest BCUT2D eigenvalue weighted by atomic mass is 16.8. The number of carboxylic acids is 1. The van der Waals surface area contributed by atoms with Gasteiger partial charge in [-0.3, -0.25) is 4.79 Å². The van der Waals surface area contributed by atoms with Crippen molar-refractivity contribution in [2.24, 2.45) is 17.6 Å². The van der Waals surface area contributed by atoms with Gasteiger partial charge in [-0.05, 0) is 71.1 Å². The van der Waals surface area contributed by atoms with Crippen molar-refractivity contribution in [1.82, 2.24) is 0 Å². The molecule has 0 spiro atoms. The first kappa shape index (κ1) is 33.5. The number of carbonyl (C=O) groups excluding carboxylic acids is 3. The average Bonchev–Trinajstić information content (AvgIpc) is 2.75. The number of hydrogen-bond acceptors (Lipinski definition) is 11. The SMILES string of the molecule is CC(C)COC(=O)OCC(C)C(c1ccc(OC(=O)OC(C)(C)C)c(OC(=O)OC(C)(C)C)c1)[C@H](N)C(=O)O. The van der Waals surface area contributed by atoms with Crippen molar-refractivity contribution in [3.63, 3.8) is 0 Å². The van der Waals surface area contributed by atoms with Gasteiger partial charge in [-0.15, -0.1) is 0 Å². The molecule has 1 aromatic carbocycles. The smallest absolute Gasteiger partial charge is 0.480 e. The van der Waals surface area contributed by atoms with Crippen LogP contribution in [0.5, 0.6) is 11.5 Å². The van der Waals surface area contributed by atoms with E-state index in [1.807, 2.05) is 13.8 Å². The molecule has 0 aliphatic rings. The van der Waals surface area contributed by atoms with Gasteiger partial charge in [-0.25, -0.2) is 14.4 Å². The van der Waals surface area contributed by atoms with Crippen LogP contribution in [-0.4, -0.2) is 60.0 Å². The second-order valence-corrected chi connectivity index (χ2v) is 11.5. The van der Waals surface area contributed by atoms with E-state index in [9.17, 15) is 24.3 Å². The van der Waals surface area contributed by atoms with E-state index in [0.717, 1.165) is 0 Å². The first-order valence-corrected chi connectivity index (χ1v) is 12.5. The van der Waals surface area contributed by atoms with Crippen LogP contribution in [0, 0.1) is 11.8 Å². The largest absolute Gasteiger partial charge is 0.514 e. The Hall–Kier alpha value is -3.54. The molecule has 12 nitrogen and oxygen atoms in total. The number of rotatable bonds is 10. The van der Waals surface area contributed by atoms with E-state index >= 15 is 0 Å². The van der Waals surface area contributed by atoms with Gasteiger partial charge in [0.05, 0.1) is 13.2 Å². The van der Waals surface area contributed by atoms with Crippen molar-refractivity contribution in [3.05, 3.63) is 23.8 Å². The van der Waals surface area contributed by atoms with Crippen LogP contribution in [0.4, 0.5) is 14.4 Å². The van der Waals surface area contributed by atoms with Crippen LogP contribution in [0.2, 0.25) is 0 Å². The minimum atomic E-state index is -1.43. The van der Waals surface area contributed by atoms with Crippen molar-refractivity contribution < 1.29 is 52.7 Å². The first-order valence-electron chi connectivity index (χ1n) is 12.5. The van der Waals surface area contributed by atoms with E-state index in [4.69, 9.17) is 34.2 Å². The maximum atomic E-state index is 12.4. The maximum absolute atomic E-state index is 12.4. The summed E-state index contributed by atoms with van der Waals surface area (Å²) in [6.07, 6.45) is -3.03. The van der Waals surface area contributed by atoms with E-state index in [1.165, 1.54) is 18.2 Å². The molecule has 39 heavy (non-hydrogen) atoms. The Morgan fingerprint density at radius 2 is 1.28 bits per heavy atom. The summed E-state index contributed by atoms with van der Waals surface area (Å²) in [6.45, 7) is 15.2. The normalized spacial score (nSPS) is 14.0. The molecule has 0 saturated carbocycles. The van der Waals surface area contributed by atoms with Crippen molar-refractivity contribution >= 4 is 24.4 Å². The number of carboxylic acid groups (broad SMARTS) is 1. The van der Waals surface area contributed by atoms with Crippen molar-refractivity contribution in [2.45, 2.75) is 85.5 Å². The summed E-state index contributed by atoms with van der Waals surface area (Å²) >= 11 is 0. The van der Waals surface area contributed by atoms with E-state index in [2.05, 4.69) is 0 Å².